The van der Waals surface area contributed by atoms with E-state index in [0.717, 1.165) is 33.6 Å². The number of carbonyl (C=O) groups excluding carboxylic acids is 9. The van der Waals surface area contributed by atoms with Gasteiger partial charge in [-0.05, 0) is 124 Å². The molecular formula is C62H70N10O14. The van der Waals surface area contributed by atoms with Crippen LogP contribution in [0.2, 0.25) is 0 Å². The molecule has 0 saturated carbocycles. The van der Waals surface area contributed by atoms with Crippen LogP contribution in [0.4, 0.5) is 31.4 Å². The van der Waals surface area contributed by atoms with Crippen molar-refractivity contribution in [3.8, 4) is 11.5 Å². The zero-order chi connectivity index (χ0) is 62.0. The summed E-state index contributed by atoms with van der Waals surface area (Å²) in [5, 5.41) is 22.2. The Morgan fingerprint density at radius 3 is 2.26 bits per heavy atom. The first kappa shape index (κ1) is 62.2. The minimum absolute atomic E-state index is 0.0313. The van der Waals surface area contributed by atoms with Gasteiger partial charge in [0, 0.05) is 79.1 Å². The molecule has 4 heterocycles. The first-order valence-corrected chi connectivity index (χ1v) is 28.0. The average molecular weight is 1180 g/mol. The van der Waals surface area contributed by atoms with Gasteiger partial charge in [-0.3, -0.25) is 33.7 Å². The summed E-state index contributed by atoms with van der Waals surface area (Å²) in [6.45, 7) is 12.7. The van der Waals surface area contributed by atoms with Crippen LogP contribution in [0, 0.1) is 12.8 Å². The number of aromatic amines is 1. The van der Waals surface area contributed by atoms with Crippen molar-refractivity contribution in [1.82, 2.24) is 35.3 Å². The summed E-state index contributed by atoms with van der Waals surface area (Å²) in [5.41, 5.74) is 3.99. The molecule has 2 aromatic heterocycles. The third kappa shape index (κ3) is 15.3. The number of hydrogen-bond acceptors (Lipinski definition) is 15. The number of carbonyl (C=O) groups is 9. The summed E-state index contributed by atoms with van der Waals surface area (Å²) in [4.78, 5) is 130. The first-order valence-electron chi connectivity index (χ1n) is 28.0. The van der Waals surface area contributed by atoms with Crippen LogP contribution in [0.25, 0.3) is 21.8 Å². The molecule has 0 spiro atoms. The number of nitrogens with zero attached hydrogens (tertiary/aromatic N) is 5. The highest BCUT2D eigenvalue weighted by Crippen LogP contribution is 2.42. The van der Waals surface area contributed by atoms with Gasteiger partial charge < -0.3 is 65.0 Å². The van der Waals surface area contributed by atoms with Crippen molar-refractivity contribution in [3.05, 3.63) is 131 Å². The molecule has 0 radical (unpaired) electrons. The fraction of sp³-hybridized carbons (Fsp3) is 0.355. The molecule has 86 heavy (non-hydrogen) atoms. The second-order valence-corrected chi connectivity index (χ2v) is 22.0. The van der Waals surface area contributed by atoms with Crippen LogP contribution in [0.15, 0.2) is 103 Å². The lowest BCUT2D eigenvalue weighted by atomic mass is 9.97. The summed E-state index contributed by atoms with van der Waals surface area (Å²) in [6.07, 6.45) is 2.29. The maximum atomic E-state index is 14.7. The van der Waals surface area contributed by atoms with E-state index in [2.05, 4.69) is 31.2 Å². The zero-order valence-electron chi connectivity index (χ0n) is 49.1. The second kappa shape index (κ2) is 27.3. The number of nitrogens with one attached hydrogen (secondary N) is 5. The van der Waals surface area contributed by atoms with Crippen LogP contribution in [0.3, 0.4) is 0 Å². The number of phenolic OH excluding ortho intramolecular Hbond substituents is 1. The molecule has 6 aromatic rings. The molecule has 24 nitrogen and oxygen atoms in total. The van der Waals surface area contributed by atoms with Crippen LogP contribution in [-0.2, 0) is 46.4 Å². The number of amides is 9. The third-order valence-electron chi connectivity index (χ3n) is 14.6. The first-order chi connectivity index (χ1) is 41.0. The topological polar surface area (TPSA) is 301 Å². The molecule has 1 unspecified atom stereocenters. The van der Waals surface area contributed by atoms with E-state index in [1.165, 1.54) is 35.4 Å². The molecule has 0 aliphatic carbocycles. The third-order valence-corrected chi connectivity index (χ3v) is 14.6. The van der Waals surface area contributed by atoms with Crippen molar-refractivity contribution >= 4 is 92.6 Å². The fourth-order valence-electron chi connectivity index (χ4n) is 9.80. The Bertz CT molecular complexity index is 3580. The Morgan fingerprint density at radius 2 is 1.56 bits per heavy atom. The summed E-state index contributed by atoms with van der Waals surface area (Å²) < 4.78 is 23.0. The summed E-state index contributed by atoms with van der Waals surface area (Å²) in [6, 6.07) is 22.1. The lowest BCUT2D eigenvalue weighted by Gasteiger charge is -2.38. The smallest absolute Gasteiger partial charge is 0.415 e. The lowest BCUT2D eigenvalue weighted by Crippen LogP contribution is -2.52. The van der Waals surface area contributed by atoms with Crippen molar-refractivity contribution in [1.29, 1.82) is 0 Å². The number of phenols is 1. The minimum Gasteiger partial charge on any atom is -0.508 e. The Labute approximate surface area is 496 Å². The quantitative estimate of drug-likeness (QED) is 0.0337. The molecule has 0 bridgehead atoms. The van der Waals surface area contributed by atoms with Crippen LogP contribution in [0.1, 0.15) is 85.5 Å². The molecular weight excluding hydrogens is 1110 g/mol. The number of alkyl carbamates (subject to hydrolysis) is 1. The van der Waals surface area contributed by atoms with Gasteiger partial charge in [-0.25, -0.2) is 19.4 Å². The molecule has 6 N–H and O–H groups in total. The highest BCUT2D eigenvalue weighted by molar-refractivity contribution is 6.13. The largest absolute Gasteiger partial charge is 0.508 e. The molecule has 9 amide bonds. The fourth-order valence-corrected chi connectivity index (χ4v) is 9.80. The number of aromatic nitrogens is 2. The number of benzene rings is 4. The average Bonchev–Trinajstić information content (AvgIpc) is 1.69. The van der Waals surface area contributed by atoms with Crippen molar-refractivity contribution in [3.63, 3.8) is 0 Å². The van der Waals surface area contributed by atoms with Gasteiger partial charge in [-0.15, -0.1) is 0 Å². The van der Waals surface area contributed by atoms with E-state index < -0.39 is 71.9 Å². The van der Waals surface area contributed by atoms with Crippen LogP contribution in [-0.4, -0.2) is 154 Å². The SMILES string of the molecule is Cc1cccc2c(OC(=O)N(CCN(C)C(=O)OCc3ccc(NC(=O)CNC(=O)C(NC(=O)OCCN4C(=O)C=CC4=O)C(C)C)cc3)C(C)(C)CCOC(C)C)cc3c(c12)CCN3C(=O)c1cc2cc(NC(=O)c3ccc(O)cc3)cnc2[nH]1. The molecule has 1 atom stereocenters. The molecule has 2 aliphatic rings. The van der Waals surface area contributed by atoms with E-state index >= 15 is 0 Å². The number of anilines is 3. The van der Waals surface area contributed by atoms with Gasteiger partial charge in [0.05, 0.1) is 36.8 Å². The number of hydrogen-bond donors (Lipinski definition) is 6. The van der Waals surface area contributed by atoms with E-state index in [4.69, 9.17) is 18.9 Å². The van der Waals surface area contributed by atoms with Crippen LogP contribution >= 0.6 is 0 Å². The number of pyridine rings is 1. The van der Waals surface area contributed by atoms with E-state index in [-0.39, 0.29) is 62.1 Å². The standard InChI is InChI=1S/C62H70N10O14/c1-36(2)54(68-59(80)84-29-27-71-51(75)20-21-52(71)76)57(78)64-34-50(74)65-42-16-12-39(13-17-42)35-85-60(81)69(8)25-26-72(62(6,7)23-28-83-37(3)4)61(82)86-49-32-48-45(53-38(5)10-9-11-46(49)53)22-24-70(48)58(79)47-31-41-30-43(33-63-55(41)67-47)66-56(77)40-14-18-44(73)19-15-40/h9-21,30-33,36-37,54,73H,22-29,34-35H2,1-8H3,(H,63,67)(H,64,78)(H,65,74)(H,66,77)(H,68,80). The minimum atomic E-state index is -1.06. The molecule has 2 aliphatic heterocycles. The maximum Gasteiger partial charge on any atom is 0.415 e. The van der Waals surface area contributed by atoms with E-state index in [9.17, 15) is 48.3 Å². The Morgan fingerprint density at radius 1 is 0.837 bits per heavy atom. The van der Waals surface area contributed by atoms with Crippen molar-refractivity contribution < 1.29 is 67.2 Å². The van der Waals surface area contributed by atoms with Crippen molar-refractivity contribution in [2.24, 2.45) is 5.92 Å². The van der Waals surface area contributed by atoms with Gasteiger partial charge >= 0.3 is 18.3 Å². The Kier molecular flexibility index (Phi) is 19.7. The lowest BCUT2D eigenvalue weighted by molar-refractivity contribution is -0.137. The number of aryl methyl sites for hydroxylation is 1. The molecule has 4 aromatic carbocycles. The summed E-state index contributed by atoms with van der Waals surface area (Å²) >= 11 is 0. The van der Waals surface area contributed by atoms with Gasteiger partial charge in [0.25, 0.3) is 23.6 Å². The molecule has 0 saturated heterocycles. The van der Waals surface area contributed by atoms with Crippen molar-refractivity contribution in [2.75, 3.05) is 68.5 Å². The van der Waals surface area contributed by atoms with E-state index in [0.29, 0.717) is 70.6 Å². The predicted octanol–water partition coefficient (Wildman–Crippen LogP) is 7.58. The molecule has 0 fully saturated rings. The van der Waals surface area contributed by atoms with Gasteiger partial charge in [0.2, 0.25) is 11.8 Å². The van der Waals surface area contributed by atoms with E-state index in [1.54, 1.807) is 73.2 Å². The van der Waals surface area contributed by atoms with Gasteiger partial charge in [0.1, 0.15) is 42.1 Å². The normalized spacial score (nSPS) is 13.2. The van der Waals surface area contributed by atoms with Crippen molar-refractivity contribution in [2.45, 2.75) is 85.6 Å². The molecule has 8 rings (SSSR count). The van der Waals surface area contributed by atoms with Gasteiger partial charge in [-0.1, -0.05) is 44.2 Å². The van der Waals surface area contributed by atoms with Crippen LogP contribution in [0.5, 0.6) is 11.5 Å². The molecule has 24 heteroatoms. The summed E-state index contributed by atoms with van der Waals surface area (Å²) in [7, 11) is 1.55. The Balaban J connectivity index is 0.873. The number of H-pyrrole nitrogens is 1. The number of imide groups is 1. The maximum absolute atomic E-state index is 14.7. The van der Waals surface area contributed by atoms with Gasteiger partial charge in [0.15, 0.2) is 0 Å². The van der Waals surface area contributed by atoms with Gasteiger partial charge in [-0.2, -0.15) is 0 Å². The summed E-state index contributed by atoms with van der Waals surface area (Å²) in [5.74, 6) is -3.11. The molecule has 452 valence electrons. The number of aromatic hydroxyl groups is 1. The predicted molar refractivity (Wildman–Crippen MR) is 319 cm³/mol. The monoisotopic (exact) mass is 1180 g/mol. The second-order valence-electron chi connectivity index (χ2n) is 22.0. The highest BCUT2D eigenvalue weighted by Gasteiger charge is 2.36. The zero-order valence-corrected chi connectivity index (χ0v) is 49.1. The number of rotatable bonds is 23. The number of ether oxygens (including phenoxy) is 4. The Hall–Kier alpha value is -9.84. The van der Waals surface area contributed by atoms with Crippen LogP contribution < -0.4 is 30.9 Å². The number of likely N-dealkylation sites (N-methyl/N-ethyl adjacent to an activating group) is 1. The highest BCUT2D eigenvalue weighted by atomic mass is 16.6. The van der Waals surface area contributed by atoms with E-state index in [1.807, 2.05) is 52.8 Å². The number of fused-ring (bicyclic) bond motifs is 4.